The van der Waals surface area contributed by atoms with E-state index in [1.165, 1.54) is 12.1 Å². The summed E-state index contributed by atoms with van der Waals surface area (Å²) >= 11 is 5.81. The van der Waals surface area contributed by atoms with Crippen molar-refractivity contribution < 1.29 is 18.6 Å². The standard InChI is InChI=1S/C15H14ClF2NO2/c16-12-7-10(5-6-13(12)20)8-19-9-11-3-1-2-4-14(11)21-15(17)18/h1-7,15,19-20H,8-9H2. The molecule has 0 aliphatic carbocycles. The third-order valence-electron chi connectivity index (χ3n) is 2.85. The van der Waals surface area contributed by atoms with Gasteiger partial charge in [-0.25, -0.2) is 0 Å². The van der Waals surface area contributed by atoms with Crippen LogP contribution in [0.5, 0.6) is 11.5 Å². The van der Waals surface area contributed by atoms with Gasteiger partial charge in [0.25, 0.3) is 0 Å². The second kappa shape index (κ2) is 7.24. The van der Waals surface area contributed by atoms with Gasteiger partial charge in [-0.2, -0.15) is 8.78 Å². The van der Waals surface area contributed by atoms with E-state index in [0.29, 0.717) is 18.7 Å². The lowest BCUT2D eigenvalue weighted by Crippen LogP contribution is -2.14. The van der Waals surface area contributed by atoms with Crippen molar-refractivity contribution in [3.05, 3.63) is 58.6 Å². The Hall–Kier alpha value is -1.85. The van der Waals surface area contributed by atoms with Crippen LogP contribution >= 0.6 is 11.6 Å². The number of ether oxygens (including phenoxy) is 1. The molecule has 0 aliphatic rings. The normalized spacial score (nSPS) is 10.9. The van der Waals surface area contributed by atoms with E-state index >= 15 is 0 Å². The Balaban J connectivity index is 1.95. The number of phenolic OH excluding ortho intramolecular Hbond substituents is 1. The number of hydrogen-bond acceptors (Lipinski definition) is 3. The molecule has 112 valence electrons. The lowest BCUT2D eigenvalue weighted by molar-refractivity contribution is -0.0505. The van der Waals surface area contributed by atoms with Gasteiger partial charge in [-0.3, -0.25) is 0 Å². The Labute approximate surface area is 126 Å². The fourth-order valence-corrected chi connectivity index (χ4v) is 2.07. The first-order valence-corrected chi connectivity index (χ1v) is 6.65. The van der Waals surface area contributed by atoms with Crippen molar-refractivity contribution in [3.8, 4) is 11.5 Å². The van der Waals surface area contributed by atoms with Gasteiger partial charge in [-0.05, 0) is 23.8 Å². The van der Waals surface area contributed by atoms with E-state index in [1.807, 2.05) is 0 Å². The number of rotatable bonds is 6. The van der Waals surface area contributed by atoms with Gasteiger partial charge in [-0.1, -0.05) is 35.9 Å². The molecule has 0 aliphatic heterocycles. The molecule has 0 radical (unpaired) electrons. The molecule has 0 spiro atoms. The fourth-order valence-electron chi connectivity index (χ4n) is 1.86. The quantitative estimate of drug-likeness (QED) is 0.849. The topological polar surface area (TPSA) is 41.5 Å². The second-order valence-electron chi connectivity index (χ2n) is 4.38. The summed E-state index contributed by atoms with van der Waals surface area (Å²) in [6, 6.07) is 11.5. The number of phenols is 1. The first-order valence-electron chi connectivity index (χ1n) is 6.27. The summed E-state index contributed by atoms with van der Waals surface area (Å²) in [5.41, 5.74) is 1.52. The van der Waals surface area contributed by atoms with Crippen molar-refractivity contribution in [3.63, 3.8) is 0 Å². The van der Waals surface area contributed by atoms with Crippen LogP contribution in [-0.4, -0.2) is 11.7 Å². The summed E-state index contributed by atoms with van der Waals surface area (Å²) in [4.78, 5) is 0. The second-order valence-corrected chi connectivity index (χ2v) is 4.78. The Morgan fingerprint density at radius 2 is 1.90 bits per heavy atom. The largest absolute Gasteiger partial charge is 0.506 e. The highest BCUT2D eigenvalue weighted by Crippen LogP contribution is 2.24. The van der Waals surface area contributed by atoms with E-state index in [9.17, 15) is 13.9 Å². The van der Waals surface area contributed by atoms with Crippen LogP contribution in [0, 0.1) is 0 Å². The molecule has 21 heavy (non-hydrogen) atoms. The molecule has 0 unspecified atom stereocenters. The van der Waals surface area contributed by atoms with Crippen LogP contribution in [0.3, 0.4) is 0 Å². The van der Waals surface area contributed by atoms with Gasteiger partial charge in [0, 0.05) is 18.7 Å². The number of alkyl halides is 2. The molecule has 2 aromatic carbocycles. The number of para-hydroxylation sites is 1. The minimum atomic E-state index is -2.85. The molecule has 0 amide bonds. The molecule has 0 atom stereocenters. The van der Waals surface area contributed by atoms with E-state index < -0.39 is 6.61 Å². The molecule has 0 saturated carbocycles. The van der Waals surface area contributed by atoms with Crippen LogP contribution in [0.1, 0.15) is 11.1 Å². The summed E-state index contributed by atoms with van der Waals surface area (Å²) < 4.78 is 29.0. The van der Waals surface area contributed by atoms with Crippen molar-refractivity contribution in [1.82, 2.24) is 5.32 Å². The van der Waals surface area contributed by atoms with Crippen molar-refractivity contribution in [2.45, 2.75) is 19.7 Å². The molecule has 6 heteroatoms. The van der Waals surface area contributed by atoms with Gasteiger partial charge in [-0.15, -0.1) is 0 Å². The summed E-state index contributed by atoms with van der Waals surface area (Å²) in [7, 11) is 0. The third-order valence-corrected chi connectivity index (χ3v) is 3.15. The highest BCUT2D eigenvalue weighted by atomic mass is 35.5. The van der Waals surface area contributed by atoms with Crippen molar-refractivity contribution in [2.75, 3.05) is 0 Å². The third kappa shape index (κ3) is 4.58. The van der Waals surface area contributed by atoms with E-state index in [1.54, 1.807) is 30.3 Å². The van der Waals surface area contributed by atoms with Crippen LogP contribution < -0.4 is 10.1 Å². The summed E-state index contributed by atoms with van der Waals surface area (Å²) in [5.74, 6) is 0.180. The van der Waals surface area contributed by atoms with E-state index in [4.69, 9.17) is 11.6 Å². The zero-order valence-corrected chi connectivity index (χ0v) is 11.8. The first kappa shape index (κ1) is 15.5. The number of aromatic hydroxyl groups is 1. The minimum absolute atomic E-state index is 0.0242. The van der Waals surface area contributed by atoms with Crippen molar-refractivity contribution >= 4 is 11.6 Å². The molecule has 2 aromatic rings. The first-order chi connectivity index (χ1) is 10.1. The Bertz CT molecular complexity index is 608. The van der Waals surface area contributed by atoms with Gasteiger partial charge >= 0.3 is 6.61 Å². The smallest absolute Gasteiger partial charge is 0.387 e. The van der Waals surface area contributed by atoms with Gasteiger partial charge in [0.2, 0.25) is 0 Å². The average Bonchev–Trinajstić information content (AvgIpc) is 2.44. The molecule has 0 saturated heterocycles. The van der Waals surface area contributed by atoms with Crippen LogP contribution in [0.2, 0.25) is 5.02 Å². The molecular weight excluding hydrogens is 300 g/mol. The Morgan fingerprint density at radius 1 is 1.14 bits per heavy atom. The molecule has 3 nitrogen and oxygen atoms in total. The molecule has 0 bridgehead atoms. The molecule has 0 aromatic heterocycles. The van der Waals surface area contributed by atoms with E-state index in [2.05, 4.69) is 10.1 Å². The monoisotopic (exact) mass is 313 g/mol. The lowest BCUT2D eigenvalue weighted by atomic mass is 10.2. The molecule has 0 fully saturated rings. The summed E-state index contributed by atoms with van der Waals surface area (Å²) in [5, 5.41) is 12.7. The number of nitrogens with one attached hydrogen (secondary N) is 1. The molecule has 2 N–H and O–H groups in total. The van der Waals surface area contributed by atoms with Crippen LogP contribution in [0.4, 0.5) is 8.78 Å². The average molecular weight is 314 g/mol. The number of benzene rings is 2. The Kier molecular flexibility index (Phi) is 5.36. The number of halogens is 3. The lowest BCUT2D eigenvalue weighted by Gasteiger charge is -2.11. The summed E-state index contributed by atoms with van der Waals surface area (Å²) in [6.07, 6.45) is 0. The summed E-state index contributed by atoms with van der Waals surface area (Å²) in [6.45, 7) is -1.98. The van der Waals surface area contributed by atoms with Crippen molar-refractivity contribution in [1.29, 1.82) is 0 Å². The zero-order chi connectivity index (χ0) is 15.2. The van der Waals surface area contributed by atoms with Crippen LogP contribution in [0.15, 0.2) is 42.5 Å². The Morgan fingerprint density at radius 3 is 2.62 bits per heavy atom. The van der Waals surface area contributed by atoms with E-state index in [0.717, 1.165) is 5.56 Å². The van der Waals surface area contributed by atoms with Gasteiger partial charge in [0.15, 0.2) is 0 Å². The SMILES string of the molecule is Oc1ccc(CNCc2ccccc2OC(F)F)cc1Cl. The van der Waals surface area contributed by atoms with Gasteiger partial charge in [0.1, 0.15) is 11.5 Å². The molecule has 2 rings (SSSR count). The highest BCUT2D eigenvalue weighted by molar-refractivity contribution is 6.32. The van der Waals surface area contributed by atoms with Crippen molar-refractivity contribution in [2.24, 2.45) is 0 Å². The number of hydrogen-bond donors (Lipinski definition) is 2. The molecule has 0 heterocycles. The highest BCUT2D eigenvalue weighted by Gasteiger charge is 2.08. The maximum atomic E-state index is 12.3. The van der Waals surface area contributed by atoms with E-state index in [-0.39, 0.29) is 16.5 Å². The maximum absolute atomic E-state index is 12.3. The van der Waals surface area contributed by atoms with Crippen LogP contribution in [0.25, 0.3) is 0 Å². The zero-order valence-electron chi connectivity index (χ0n) is 11.0. The maximum Gasteiger partial charge on any atom is 0.387 e. The fraction of sp³-hybridized carbons (Fsp3) is 0.200. The molecular formula is C15H14ClF2NO2. The van der Waals surface area contributed by atoms with Gasteiger partial charge < -0.3 is 15.2 Å². The van der Waals surface area contributed by atoms with Gasteiger partial charge in [0.05, 0.1) is 5.02 Å². The minimum Gasteiger partial charge on any atom is -0.506 e. The predicted octanol–water partition coefficient (Wildman–Crippen LogP) is 3.94. The predicted molar refractivity (Wildman–Crippen MR) is 76.7 cm³/mol. The van der Waals surface area contributed by atoms with Crippen LogP contribution in [-0.2, 0) is 13.1 Å².